The Morgan fingerprint density at radius 3 is 2.57 bits per heavy atom. The van der Waals surface area contributed by atoms with Crippen molar-refractivity contribution in [2.24, 2.45) is 7.05 Å². The number of benzene rings is 2. The molecular formula is C19H17N2+. The zero-order chi connectivity index (χ0) is 15.0. The molecule has 1 aromatic heterocycles. The maximum Gasteiger partial charge on any atom is 0.220 e. The van der Waals surface area contributed by atoms with E-state index in [0.29, 0.717) is 5.56 Å². The van der Waals surface area contributed by atoms with Crippen molar-refractivity contribution in [1.29, 1.82) is 5.26 Å². The number of aryl methyl sites for hydroxylation is 3. The van der Waals surface area contributed by atoms with Crippen LogP contribution in [-0.2, 0) is 7.05 Å². The van der Waals surface area contributed by atoms with E-state index in [1.54, 1.807) is 0 Å². The van der Waals surface area contributed by atoms with Gasteiger partial charge in [0.15, 0.2) is 6.20 Å². The fourth-order valence-electron chi connectivity index (χ4n) is 2.77. The van der Waals surface area contributed by atoms with E-state index in [9.17, 15) is 0 Å². The Labute approximate surface area is 124 Å². The smallest absolute Gasteiger partial charge is 0.200 e. The lowest BCUT2D eigenvalue weighted by Gasteiger charge is -2.09. The van der Waals surface area contributed by atoms with Crippen molar-refractivity contribution in [2.45, 2.75) is 13.8 Å². The van der Waals surface area contributed by atoms with E-state index >= 15 is 0 Å². The minimum Gasteiger partial charge on any atom is -0.200 e. The molecule has 21 heavy (non-hydrogen) atoms. The van der Waals surface area contributed by atoms with Gasteiger partial charge in [-0.05, 0) is 49.1 Å². The van der Waals surface area contributed by atoms with E-state index < -0.39 is 0 Å². The number of pyridine rings is 1. The Morgan fingerprint density at radius 2 is 1.81 bits per heavy atom. The highest BCUT2D eigenvalue weighted by Crippen LogP contribution is 2.28. The third-order valence-corrected chi connectivity index (χ3v) is 3.91. The van der Waals surface area contributed by atoms with Crippen LogP contribution in [0.1, 0.15) is 16.7 Å². The lowest BCUT2D eigenvalue weighted by Crippen LogP contribution is -2.30. The van der Waals surface area contributed by atoms with E-state index in [1.165, 1.54) is 27.8 Å². The van der Waals surface area contributed by atoms with Crippen molar-refractivity contribution in [2.75, 3.05) is 0 Å². The van der Waals surface area contributed by atoms with E-state index in [0.717, 1.165) is 5.39 Å². The second-order valence-electron chi connectivity index (χ2n) is 5.51. The van der Waals surface area contributed by atoms with E-state index in [1.807, 2.05) is 18.2 Å². The van der Waals surface area contributed by atoms with Crippen LogP contribution in [0.5, 0.6) is 0 Å². The van der Waals surface area contributed by atoms with Crippen molar-refractivity contribution >= 4 is 10.8 Å². The summed E-state index contributed by atoms with van der Waals surface area (Å²) in [5.41, 5.74) is 5.64. The molecule has 0 aliphatic carbocycles. The highest BCUT2D eigenvalue weighted by molar-refractivity contribution is 5.94. The largest absolute Gasteiger partial charge is 0.220 e. The van der Waals surface area contributed by atoms with Crippen LogP contribution in [0, 0.1) is 25.2 Å². The maximum atomic E-state index is 9.06. The molecule has 0 fully saturated rings. The summed E-state index contributed by atoms with van der Waals surface area (Å²) in [5.74, 6) is 0. The summed E-state index contributed by atoms with van der Waals surface area (Å²) >= 11 is 0. The second-order valence-corrected chi connectivity index (χ2v) is 5.51. The molecule has 0 aliphatic rings. The van der Waals surface area contributed by atoms with Crippen molar-refractivity contribution < 1.29 is 4.57 Å². The van der Waals surface area contributed by atoms with Crippen LogP contribution in [-0.4, -0.2) is 0 Å². The summed E-state index contributed by atoms with van der Waals surface area (Å²) in [5, 5.41) is 11.3. The maximum absolute atomic E-state index is 9.06. The summed E-state index contributed by atoms with van der Waals surface area (Å²) in [6, 6.07) is 16.7. The summed E-state index contributed by atoms with van der Waals surface area (Å²) in [7, 11) is 2.06. The average molecular weight is 273 g/mol. The Morgan fingerprint density at radius 1 is 1.00 bits per heavy atom. The zero-order valence-corrected chi connectivity index (χ0v) is 12.5. The molecule has 0 aliphatic heterocycles. The van der Waals surface area contributed by atoms with Gasteiger partial charge in [-0.3, -0.25) is 0 Å². The minimum atomic E-state index is 0.697. The SMILES string of the molecule is Cc1ccc(C)c(-c2c3ccc(C#N)cc3cc[n+]2C)c1. The van der Waals surface area contributed by atoms with Crippen molar-refractivity contribution in [3.63, 3.8) is 0 Å². The highest BCUT2D eigenvalue weighted by Gasteiger charge is 2.17. The van der Waals surface area contributed by atoms with Crippen molar-refractivity contribution in [1.82, 2.24) is 0 Å². The topological polar surface area (TPSA) is 27.7 Å². The summed E-state index contributed by atoms with van der Waals surface area (Å²) in [4.78, 5) is 0. The molecule has 102 valence electrons. The van der Waals surface area contributed by atoms with Gasteiger partial charge >= 0.3 is 0 Å². The van der Waals surface area contributed by atoms with Crippen LogP contribution >= 0.6 is 0 Å². The van der Waals surface area contributed by atoms with Crippen LogP contribution in [0.3, 0.4) is 0 Å². The predicted octanol–water partition coefficient (Wildman–Crippen LogP) is 3.82. The molecule has 2 nitrogen and oxygen atoms in total. The first-order chi connectivity index (χ1) is 10.1. The molecule has 0 spiro atoms. The summed E-state index contributed by atoms with van der Waals surface area (Å²) in [6.45, 7) is 4.25. The normalized spacial score (nSPS) is 10.6. The first-order valence-corrected chi connectivity index (χ1v) is 7.00. The second kappa shape index (κ2) is 5.03. The molecule has 1 heterocycles. The average Bonchev–Trinajstić information content (AvgIpc) is 2.49. The quantitative estimate of drug-likeness (QED) is 0.619. The fourth-order valence-corrected chi connectivity index (χ4v) is 2.77. The lowest BCUT2D eigenvalue weighted by atomic mass is 9.97. The summed E-state index contributed by atoms with van der Waals surface area (Å²) in [6.07, 6.45) is 2.06. The van der Waals surface area contributed by atoms with Crippen LogP contribution in [0.25, 0.3) is 22.0 Å². The Kier molecular flexibility index (Phi) is 3.19. The molecule has 0 radical (unpaired) electrons. The predicted molar refractivity (Wildman–Crippen MR) is 84.7 cm³/mol. The first kappa shape index (κ1) is 13.3. The molecule has 2 heteroatoms. The Bertz CT molecular complexity index is 886. The van der Waals surface area contributed by atoms with Gasteiger partial charge in [0.2, 0.25) is 5.69 Å². The number of nitrogens with zero attached hydrogens (tertiary/aromatic N) is 2. The zero-order valence-electron chi connectivity index (χ0n) is 12.5. The van der Waals surface area contributed by atoms with Gasteiger partial charge in [-0.1, -0.05) is 17.7 Å². The van der Waals surface area contributed by atoms with Crippen LogP contribution < -0.4 is 4.57 Å². The van der Waals surface area contributed by atoms with Crippen LogP contribution in [0.4, 0.5) is 0 Å². The molecule has 3 rings (SSSR count). The number of fused-ring (bicyclic) bond motifs is 1. The standard InChI is InChI=1S/C19H17N2/c1-13-4-5-14(2)18(10-13)19-17-7-6-15(12-20)11-16(17)8-9-21(19)3/h4-11H,1-3H3/q+1. The van der Waals surface area contributed by atoms with Gasteiger partial charge < -0.3 is 0 Å². The molecule has 0 N–H and O–H groups in total. The van der Waals surface area contributed by atoms with Gasteiger partial charge in [-0.15, -0.1) is 0 Å². The molecule has 0 atom stereocenters. The molecule has 3 aromatic rings. The van der Waals surface area contributed by atoms with E-state index in [-0.39, 0.29) is 0 Å². The van der Waals surface area contributed by atoms with E-state index in [4.69, 9.17) is 5.26 Å². The van der Waals surface area contributed by atoms with E-state index in [2.05, 4.69) is 62.0 Å². The number of aromatic nitrogens is 1. The third kappa shape index (κ3) is 2.28. The number of hydrogen-bond acceptors (Lipinski definition) is 1. The molecule has 0 bridgehead atoms. The molecule has 0 amide bonds. The van der Waals surface area contributed by atoms with Crippen molar-refractivity contribution in [3.05, 3.63) is 65.4 Å². The minimum absolute atomic E-state index is 0.697. The Hall–Kier alpha value is -2.66. The van der Waals surface area contributed by atoms with Crippen molar-refractivity contribution in [3.8, 4) is 17.3 Å². The fraction of sp³-hybridized carbons (Fsp3) is 0.158. The lowest BCUT2D eigenvalue weighted by molar-refractivity contribution is -0.659. The Balaban J connectivity index is 2.39. The molecular weight excluding hydrogens is 256 g/mol. The van der Waals surface area contributed by atoms with Gasteiger partial charge in [-0.25, -0.2) is 4.57 Å². The summed E-state index contributed by atoms with van der Waals surface area (Å²) < 4.78 is 2.15. The molecule has 0 saturated heterocycles. The van der Waals surface area contributed by atoms with Gasteiger partial charge in [0.25, 0.3) is 0 Å². The molecule has 2 aromatic carbocycles. The molecule has 0 saturated carbocycles. The first-order valence-electron chi connectivity index (χ1n) is 7.00. The number of rotatable bonds is 1. The van der Waals surface area contributed by atoms with Crippen LogP contribution in [0.15, 0.2) is 48.7 Å². The van der Waals surface area contributed by atoms with Gasteiger partial charge in [-0.2, -0.15) is 5.26 Å². The van der Waals surface area contributed by atoms with Gasteiger partial charge in [0, 0.05) is 11.6 Å². The highest BCUT2D eigenvalue weighted by atomic mass is 14.9. The third-order valence-electron chi connectivity index (χ3n) is 3.91. The van der Waals surface area contributed by atoms with Gasteiger partial charge in [0.1, 0.15) is 7.05 Å². The molecule has 0 unspecified atom stereocenters. The van der Waals surface area contributed by atoms with Crippen LogP contribution in [0.2, 0.25) is 0 Å². The number of hydrogen-bond donors (Lipinski definition) is 0. The van der Waals surface area contributed by atoms with Gasteiger partial charge in [0.05, 0.1) is 17.0 Å². The monoisotopic (exact) mass is 273 g/mol. The number of nitriles is 1.